The average Bonchev–Trinajstić information content (AvgIpc) is 2.68. The Kier molecular flexibility index (Phi) is 2.11. The van der Waals surface area contributed by atoms with Crippen LogP contribution in [0.25, 0.3) is 0 Å². The molecule has 2 saturated heterocycles. The van der Waals surface area contributed by atoms with Gasteiger partial charge < -0.3 is 9.84 Å². The first-order valence-electron chi connectivity index (χ1n) is 5.62. The third kappa shape index (κ3) is 1.42. The zero-order valence-electron chi connectivity index (χ0n) is 9.44. The van der Waals surface area contributed by atoms with Crippen LogP contribution >= 0.6 is 11.6 Å². The number of carbonyl (C=O) groups is 1. The van der Waals surface area contributed by atoms with Crippen molar-refractivity contribution in [1.29, 1.82) is 0 Å². The molecule has 17 heavy (non-hydrogen) atoms. The summed E-state index contributed by atoms with van der Waals surface area (Å²) in [6, 6.07) is 7.24. The van der Waals surface area contributed by atoms with Gasteiger partial charge in [-0.15, -0.1) is 0 Å². The van der Waals surface area contributed by atoms with E-state index in [-0.39, 0.29) is 11.7 Å². The molecule has 1 unspecified atom stereocenters. The molecular weight excluding hydrogens is 240 g/mol. The number of carboxylic acid groups (broad SMARTS) is 1. The van der Waals surface area contributed by atoms with E-state index >= 15 is 0 Å². The van der Waals surface area contributed by atoms with Gasteiger partial charge in [0.05, 0.1) is 11.7 Å². The van der Waals surface area contributed by atoms with Crippen LogP contribution < -0.4 is 0 Å². The smallest absolute Gasteiger partial charge is 0.312 e. The van der Waals surface area contributed by atoms with Crippen LogP contribution in [-0.2, 0) is 9.53 Å². The highest BCUT2D eigenvalue weighted by Gasteiger charge is 2.70. The Morgan fingerprint density at radius 2 is 2.00 bits per heavy atom. The minimum Gasteiger partial charge on any atom is -0.481 e. The lowest BCUT2D eigenvalue weighted by Crippen LogP contribution is -2.47. The molecule has 1 aromatic carbocycles. The summed E-state index contributed by atoms with van der Waals surface area (Å²) >= 11 is 5.83. The van der Waals surface area contributed by atoms with Crippen LogP contribution in [0.4, 0.5) is 0 Å². The highest BCUT2D eigenvalue weighted by atomic mass is 35.5. The van der Waals surface area contributed by atoms with Crippen molar-refractivity contribution in [3.63, 3.8) is 0 Å². The molecule has 1 aliphatic carbocycles. The van der Waals surface area contributed by atoms with Crippen LogP contribution in [0, 0.1) is 5.41 Å². The summed E-state index contributed by atoms with van der Waals surface area (Å²) in [6.45, 7) is 1.98. The van der Waals surface area contributed by atoms with Gasteiger partial charge >= 0.3 is 5.97 Å². The first kappa shape index (κ1) is 11.1. The predicted molar refractivity (Wildman–Crippen MR) is 63.0 cm³/mol. The first-order chi connectivity index (χ1) is 7.95. The van der Waals surface area contributed by atoms with Gasteiger partial charge in [0.25, 0.3) is 0 Å². The van der Waals surface area contributed by atoms with Crippen molar-refractivity contribution in [1.82, 2.24) is 0 Å². The van der Waals surface area contributed by atoms with Gasteiger partial charge in [-0.1, -0.05) is 23.7 Å². The van der Waals surface area contributed by atoms with E-state index in [4.69, 9.17) is 16.3 Å². The quantitative estimate of drug-likeness (QED) is 0.880. The number of benzene rings is 1. The van der Waals surface area contributed by atoms with Crippen molar-refractivity contribution in [3.05, 3.63) is 34.9 Å². The molecule has 4 heteroatoms. The number of fused-ring (bicyclic) bond motifs is 1. The molecule has 2 bridgehead atoms. The largest absolute Gasteiger partial charge is 0.481 e. The molecule has 0 radical (unpaired) electrons. The summed E-state index contributed by atoms with van der Waals surface area (Å²) in [6.07, 6.45) is 0.855. The fourth-order valence-electron chi connectivity index (χ4n) is 3.24. The number of hydrogen-bond acceptors (Lipinski definition) is 2. The summed E-state index contributed by atoms with van der Waals surface area (Å²) in [5.74, 6) is -0.757. The number of halogens is 1. The monoisotopic (exact) mass is 252 g/mol. The zero-order chi connectivity index (χ0) is 12.3. The molecule has 1 aromatic rings. The Labute approximate surface area is 104 Å². The minimum atomic E-state index is -0.757. The van der Waals surface area contributed by atoms with Crippen molar-refractivity contribution in [2.24, 2.45) is 5.41 Å². The van der Waals surface area contributed by atoms with Crippen LogP contribution in [0.3, 0.4) is 0 Å². The molecule has 90 valence electrons. The Morgan fingerprint density at radius 3 is 2.53 bits per heavy atom. The third-order valence-corrected chi connectivity index (χ3v) is 4.13. The van der Waals surface area contributed by atoms with E-state index in [0.29, 0.717) is 17.9 Å². The van der Waals surface area contributed by atoms with E-state index in [9.17, 15) is 9.90 Å². The molecule has 0 aromatic heterocycles. The van der Waals surface area contributed by atoms with Crippen LogP contribution in [0.15, 0.2) is 24.3 Å². The second-order valence-corrected chi connectivity index (χ2v) is 5.75. The molecule has 3 aliphatic rings. The van der Waals surface area contributed by atoms with Crippen LogP contribution in [0.5, 0.6) is 0 Å². The number of rotatable bonds is 2. The van der Waals surface area contributed by atoms with E-state index in [1.54, 1.807) is 12.1 Å². The average molecular weight is 253 g/mol. The second-order valence-electron chi connectivity index (χ2n) is 5.31. The van der Waals surface area contributed by atoms with Crippen molar-refractivity contribution in [2.45, 2.75) is 31.5 Å². The molecule has 0 amide bonds. The summed E-state index contributed by atoms with van der Waals surface area (Å²) in [4.78, 5) is 11.4. The normalized spacial score (nSPS) is 38.8. The number of carboxylic acids is 1. The topological polar surface area (TPSA) is 46.5 Å². The molecule has 2 heterocycles. The van der Waals surface area contributed by atoms with Crippen molar-refractivity contribution < 1.29 is 14.6 Å². The minimum absolute atomic E-state index is 0.261. The van der Waals surface area contributed by atoms with Crippen molar-refractivity contribution >= 4 is 17.6 Å². The van der Waals surface area contributed by atoms with Crippen molar-refractivity contribution in [3.8, 4) is 0 Å². The Morgan fingerprint density at radius 1 is 1.41 bits per heavy atom. The van der Waals surface area contributed by atoms with Crippen LogP contribution in [-0.4, -0.2) is 16.7 Å². The lowest BCUT2D eigenvalue weighted by Gasteiger charge is -2.39. The molecule has 1 atom stereocenters. The van der Waals surface area contributed by atoms with Gasteiger partial charge in [-0.25, -0.2) is 0 Å². The molecule has 4 rings (SSSR count). The Bertz CT molecular complexity index is 474. The van der Waals surface area contributed by atoms with E-state index in [1.807, 2.05) is 19.1 Å². The molecule has 2 aliphatic heterocycles. The lowest BCUT2D eigenvalue weighted by molar-refractivity contribution is -0.154. The van der Waals surface area contributed by atoms with Gasteiger partial charge in [0.15, 0.2) is 0 Å². The van der Waals surface area contributed by atoms with Gasteiger partial charge in [0.2, 0.25) is 0 Å². The van der Waals surface area contributed by atoms with E-state index in [1.165, 1.54) is 0 Å². The number of hydrogen-bond donors (Lipinski definition) is 1. The highest BCUT2D eigenvalue weighted by Crippen LogP contribution is 2.67. The van der Waals surface area contributed by atoms with Gasteiger partial charge in [-0.05, 0) is 37.5 Å². The lowest BCUT2D eigenvalue weighted by atomic mass is 9.60. The van der Waals surface area contributed by atoms with E-state index in [0.717, 1.165) is 5.56 Å². The third-order valence-electron chi connectivity index (χ3n) is 3.88. The zero-order valence-corrected chi connectivity index (χ0v) is 10.2. The molecule has 3 fully saturated rings. The van der Waals surface area contributed by atoms with E-state index < -0.39 is 11.4 Å². The standard InChI is InChI=1S/C13H13ClO3/c1-12-6-13(7-12,11(15)16)10(17-12)8-2-4-9(14)5-3-8/h2-5,10H,6-7H2,1H3,(H,15,16). The Hall–Kier alpha value is -1.06. The van der Waals surface area contributed by atoms with Crippen LogP contribution in [0.1, 0.15) is 31.4 Å². The van der Waals surface area contributed by atoms with Gasteiger partial charge in [-0.3, -0.25) is 4.79 Å². The fourth-order valence-corrected chi connectivity index (χ4v) is 3.36. The maximum absolute atomic E-state index is 11.4. The maximum atomic E-state index is 11.4. The Balaban J connectivity index is 1.98. The molecular formula is C13H13ClO3. The summed E-state index contributed by atoms with van der Waals surface area (Å²) in [7, 11) is 0. The van der Waals surface area contributed by atoms with Crippen LogP contribution in [0.2, 0.25) is 5.02 Å². The van der Waals surface area contributed by atoms with Gasteiger partial charge in [0, 0.05) is 5.02 Å². The predicted octanol–water partition coefficient (Wildman–Crippen LogP) is 3.03. The van der Waals surface area contributed by atoms with Gasteiger partial charge in [-0.2, -0.15) is 0 Å². The molecule has 0 spiro atoms. The SMILES string of the molecule is CC12CC(C(=O)O)(C1)C(c1ccc(Cl)cc1)O2. The van der Waals surface area contributed by atoms with Crippen molar-refractivity contribution in [2.75, 3.05) is 0 Å². The summed E-state index contributed by atoms with van der Waals surface area (Å²) < 4.78 is 5.89. The fraction of sp³-hybridized carbons (Fsp3) is 0.462. The highest BCUT2D eigenvalue weighted by molar-refractivity contribution is 6.30. The van der Waals surface area contributed by atoms with E-state index in [2.05, 4.69) is 0 Å². The molecule has 1 N–H and O–H groups in total. The summed E-state index contributed by atoms with van der Waals surface area (Å²) in [5.41, 5.74) is -0.0938. The first-order valence-corrected chi connectivity index (χ1v) is 6.00. The number of ether oxygens (including phenoxy) is 1. The number of aliphatic carboxylic acids is 1. The summed E-state index contributed by atoms with van der Waals surface area (Å²) in [5, 5.41) is 10.1. The molecule has 3 nitrogen and oxygen atoms in total. The maximum Gasteiger partial charge on any atom is 0.312 e. The second kappa shape index (κ2) is 3.24. The van der Waals surface area contributed by atoms with Gasteiger partial charge in [0.1, 0.15) is 5.41 Å². The molecule has 1 saturated carbocycles.